The molecule has 1 aliphatic heterocycles. The van der Waals surface area contributed by atoms with E-state index in [1.54, 1.807) is 0 Å². The molecule has 1 aromatic carbocycles. The minimum atomic E-state index is 0.188. The minimum Gasteiger partial charge on any atom is -0.358 e. The fourth-order valence-electron chi connectivity index (χ4n) is 3.91. The van der Waals surface area contributed by atoms with Crippen LogP contribution in [0, 0.1) is 20.8 Å². The average Bonchev–Trinajstić information content (AvgIpc) is 2.53. The maximum absolute atomic E-state index is 13.1. The zero-order valence-corrected chi connectivity index (χ0v) is 15.6. The van der Waals surface area contributed by atoms with Gasteiger partial charge in [0.1, 0.15) is 0 Å². The maximum atomic E-state index is 13.1. The lowest BCUT2D eigenvalue weighted by Crippen LogP contribution is -2.42. The Labute approximate surface area is 144 Å². The number of likely N-dealkylation sites (tertiary alicyclic amines) is 1. The van der Waals surface area contributed by atoms with E-state index in [0.717, 1.165) is 52.9 Å². The Morgan fingerprint density at radius 1 is 1.21 bits per heavy atom. The smallest absolute Gasteiger partial charge is 0.194 e. The number of nitrogens with one attached hydrogen (secondary N) is 1. The normalized spacial score (nSPS) is 17.1. The SMILES string of the molecule is Cc1cc(C)c2[nH]c(C)c(CN(C)C3CCN(C)CC3)c(=O)c2c1. The van der Waals surface area contributed by atoms with Crippen LogP contribution in [0.5, 0.6) is 0 Å². The molecule has 0 amide bonds. The van der Waals surface area contributed by atoms with Crippen LogP contribution in [0.1, 0.15) is 35.2 Å². The van der Waals surface area contributed by atoms with Crippen LogP contribution in [0.2, 0.25) is 0 Å². The van der Waals surface area contributed by atoms with Crippen molar-refractivity contribution in [3.63, 3.8) is 0 Å². The van der Waals surface area contributed by atoms with Crippen molar-refractivity contribution in [3.05, 3.63) is 44.7 Å². The van der Waals surface area contributed by atoms with Crippen LogP contribution < -0.4 is 5.43 Å². The highest BCUT2D eigenvalue weighted by Gasteiger charge is 2.22. The van der Waals surface area contributed by atoms with Gasteiger partial charge in [0, 0.05) is 29.2 Å². The summed E-state index contributed by atoms with van der Waals surface area (Å²) in [6, 6.07) is 4.71. The van der Waals surface area contributed by atoms with Gasteiger partial charge in [-0.05, 0) is 78.0 Å². The van der Waals surface area contributed by atoms with E-state index in [1.165, 1.54) is 12.8 Å². The quantitative estimate of drug-likeness (QED) is 0.942. The van der Waals surface area contributed by atoms with Crippen molar-refractivity contribution in [1.29, 1.82) is 0 Å². The third kappa shape index (κ3) is 3.26. The van der Waals surface area contributed by atoms with Gasteiger partial charge in [0.15, 0.2) is 5.43 Å². The number of H-pyrrole nitrogens is 1. The third-order valence-electron chi connectivity index (χ3n) is 5.48. The van der Waals surface area contributed by atoms with Gasteiger partial charge in [-0.15, -0.1) is 0 Å². The predicted molar refractivity (Wildman–Crippen MR) is 101 cm³/mol. The number of nitrogens with zero attached hydrogens (tertiary/aromatic N) is 2. The summed E-state index contributed by atoms with van der Waals surface area (Å²) in [4.78, 5) is 21.3. The molecule has 2 aromatic rings. The Morgan fingerprint density at radius 2 is 1.88 bits per heavy atom. The number of benzene rings is 1. The highest BCUT2D eigenvalue weighted by atomic mass is 16.1. The van der Waals surface area contributed by atoms with Crippen molar-refractivity contribution < 1.29 is 0 Å². The van der Waals surface area contributed by atoms with E-state index < -0.39 is 0 Å². The molecule has 2 heterocycles. The molecular formula is C20H29N3O. The van der Waals surface area contributed by atoms with E-state index >= 15 is 0 Å². The van der Waals surface area contributed by atoms with E-state index in [-0.39, 0.29) is 5.43 Å². The number of hydrogen-bond donors (Lipinski definition) is 1. The van der Waals surface area contributed by atoms with Gasteiger partial charge in [-0.2, -0.15) is 0 Å². The molecule has 4 heteroatoms. The number of aromatic nitrogens is 1. The molecule has 0 atom stereocenters. The Bertz CT molecular complexity index is 801. The van der Waals surface area contributed by atoms with Crippen molar-refractivity contribution in [1.82, 2.24) is 14.8 Å². The van der Waals surface area contributed by atoms with Crippen molar-refractivity contribution in [2.24, 2.45) is 0 Å². The topological polar surface area (TPSA) is 39.3 Å². The Kier molecular flexibility index (Phi) is 4.79. The first-order chi connectivity index (χ1) is 11.4. The molecule has 1 saturated heterocycles. The zero-order valence-electron chi connectivity index (χ0n) is 15.6. The van der Waals surface area contributed by atoms with Crippen molar-refractivity contribution >= 4 is 10.9 Å². The highest BCUT2D eigenvalue weighted by molar-refractivity contribution is 5.83. The summed E-state index contributed by atoms with van der Waals surface area (Å²) in [5, 5.41) is 0.824. The van der Waals surface area contributed by atoms with Crippen molar-refractivity contribution in [3.8, 4) is 0 Å². The summed E-state index contributed by atoms with van der Waals surface area (Å²) >= 11 is 0. The lowest BCUT2D eigenvalue weighted by molar-refractivity contribution is 0.139. The lowest BCUT2D eigenvalue weighted by Gasteiger charge is -2.35. The Hall–Kier alpha value is -1.65. The van der Waals surface area contributed by atoms with Crippen LogP contribution in [0.15, 0.2) is 16.9 Å². The van der Waals surface area contributed by atoms with Gasteiger partial charge in [0.2, 0.25) is 0 Å². The van der Waals surface area contributed by atoms with Gasteiger partial charge in [-0.25, -0.2) is 0 Å². The number of pyridine rings is 1. The molecule has 0 spiro atoms. The lowest BCUT2D eigenvalue weighted by atomic mass is 10.0. The minimum absolute atomic E-state index is 0.188. The zero-order chi connectivity index (χ0) is 17.4. The van der Waals surface area contributed by atoms with Crippen LogP contribution in [0.4, 0.5) is 0 Å². The first-order valence-corrected chi connectivity index (χ1v) is 8.88. The second kappa shape index (κ2) is 6.69. The molecule has 3 rings (SSSR count). The van der Waals surface area contributed by atoms with Gasteiger partial charge < -0.3 is 9.88 Å². The van der Waals surface area contributed by atoms with Crippen LogP contribution >= 0.6 is 0 Å². The van der Waals surface area contributed by atoms with E-state index in [1.807, 2.05) is 13.0 Å². The summed E-state index contributed by atoms with van der Waals surface area (Å²) in [5.74, 6) is 0. The Morgan fingerprint density at radius 3 is 2.54 bits per heavy atom. The molecule has 1 aromatic heterocycles. The summed E-state index contributed by atoms with van der Waals surface area (Å²) < 4.78 is 0. The standard InChI is InChI=1S/C20H29N3O/c1-13-10-14(2)19-17(11-13)20(24)18(15(3)21-19)12-23(5)16-6-8-22(4)9-7-16/h10-11,16H,6-9,12H2,1-5H3,(H,21,24). The second-order valence-electron chi connectivity index (χ2n) is 7.51. The first-order valence-electron chi connectivity index (χ1n) is 8.88. The van der Waals surface area contributed by atoms with Gasteiger partial charge in [-0.3, -0.25) is 9.69 Å². The molecule has 0 aliphatic carbocycles. The number of hydrogen-bond acceptors (Lipinski definition) is 3. The van der Waals surface area contributed by atoms with Gasteiger partial charge in [0.05, 0.1) is 5.52 Å². The van der Waals surface area contributed by atoms with Crippen LogP contribution in [0.3, 0.4) is 0 Å². The molecule has 0 unspecified atom stereocenters. The monoisotopic (exact) mass is 327 g/mol. The van der Waals surface area contributed by atoms with Gasteiger partial charge in [-0.1, -0.05) is 6.07 Å². The highest BCUT2D eigenvalue weighted by Crippen LogP contribution is 2.20. The molecule has 130 valence electrons. The molecule has 24 heavy (non-hydrogen) atoms. The second-order valence-corrected chi connectivity index (χ2v) is 7.51. The van der Waals surface area contributed by atoms with E-state index in [9.17, 15) is 4.79 Å². The predicted octanol–water partition coefficient (Wildman–Crippen LogP) is 2.98. The third-order valence-corrected chi connectivity index (χ3v) is 5.48. The first kappa shape index (κ1) is 17.2. The molecular weight excluding hydrogens is 298 g/mol. The Balaban J connectivity index is 1.93. The summed E-state index contributed by atoms with van der Waals surface area (Å²) in [6.45, 7) is 9.14. The number of piperidine rings is 1. The molecule has 1 N–H and O–H groups in total. The summed E-state index contributed by atoms with van der Waals surface area (Å²) in [7, 11) is 4.33. The molecule has 1 aliphatic rings. The van der Waals surface area contributed by atoms with Crippen molar-refractivity contribution in [2.75, 3.05) is 27.2 Å². The largest absolute Gasteiger partial charge is 0.358 e. The molecule has 0 bridgehead atoms. The number of aromatic amines is 1. The maximum Gasteiger partial charge on any atom is 0.194 e. The molecule has 0 radical (unpaired) electrons. The average molecular weight is 327 g/mol. The van der Waals surface area contributed by atoms with Crippen LogP contribution in [0.25, 0.3) is 10.9 Å². The summed E-state index contributed by atoms with van der Waals surface area (Å²) in [5.41, 5.74) is 5.36. The van der Waals surface area contributed by atoms with Crippen molar-refractivity contribution in [2.45, 2.75) is 46.2 Å². The molecule has 1 fully saturated rings. The fourth-order valence-corrected chi connectivity index (χ4v) is 3.91. The number of aryl methyl sites for hydroxylation is 3. The van der Waals surface area contributed by atoms with Crippen LogP contribution in [-0.4, -0.2) is 48.0 Å². The van der Waals surface area contributed by atoms with Gasteiger partial charge in [0.25, 0.3) is 0 Å². The molecule has 0 saturated carbocycles. The fraction of sp³-hybridized carbons (Fsp3) is 0.550. The van der Waals surface area contributed by atoms with Crippen LogP contribution in [-0.2, 0) is 6.54 Å². The summed E-state index contributed by atoms with van der Waals surface area (Å²) in [6.07, 6.45) is 2.35. The van der Waals surface area contributed by atoms with E-state index in [0.29, 0.717) is 6.04 Å². The van der Waals surface area contributed by atoms with Gasteiger partial charge >= 0.3 is 0 Å². The number of rotatable bonds is 3. The van der Waals surface area contributed by atoms with E-state index in [4.69, 9.17) is 0 Å². The van der Waals surface area contributed by atoms with E-state index in [2.05, 4.69) is 48.8 Å². The number of fused-ring (bicyclic) bond motifs is 1. The molecule has 4 nitrogen and oxygen atoms in total.